The highest BCUT2D eigenvalue weighted by Crippen LogP contribution is 2.25. The Bertz CT molecular complexity index is 1040. The Kier molecular flexibility index (Phi) is 5.45. The monoisotopic (exact) mass is 398 g/mol. The highest BCUT2D eigenvalue weighted by molar-refractivity contribution is 7.99. The Morgan fingerprint density at radius 1 is 1.07 bits per heavy atom. The van der Waals surface area contributed by atoms with E-state index in [2.05, 4.69) is 39.9 Å². The zero-order valence-corrected chi connectivity index (χ0v) is 16.5. The zero-order chi connectivity index (χ0) is 18.6. The summed E-state index contributed by atoms with van der Waals surface area (Å²) in [6.07, 6.45) is 1.92. The topological polar surface area (TPSA) is 56.7 Å². The normalized spacial score (nSPS) is 11.3. The molecule has 4 aromatic rings. The number of nitrogens with zero attached hydrogens (tertiary/aromatic N) is 4. The van der Waals surface area contributed by atoms with E-state index in [4.69, 9.17) is 21.0 Å². The lowest BCUT2D eigenvalue weighted by atomic mass is 10.2. The number of thioether (sulfide) groups is 1. The van der Waals surface area contributed by atoms with Gasteiger partial charge in [-0.15, -0.1) is 10.2 Å². The van der Waals surface area contributed by atoms with Crippen LogP contribution in [0.5, 0.6) is 0 Å². The fraction of sp³-hybridized carbons (Fsp3) is 0.250. The number of rotatable bonds is 7. The van der Waals surface area contributed by atoms with E-state index in [-0.39, 0.29) is 0 Å². The van der Waals surface area contributed by atoms with Crippen LogP contribution in [0, 0.1) is 0 Å². The summed E-state index contributed by atoms with van der Waals surface area (Å²) in [6, 6.07) is 15.7. The maximum Gasteiger partial charge on any atom is 0.276 e. The lowest BCUT2D eigenvalue weighted by Crippen LogP contribution is -2.04. The summed E-state index contributed by atoms with van der Waals surface area (Å²) >= 11 is 7.49. The van der Waals surface area contributed by atoms with E-state index >= 15 is 0 Å². The van der Waals surface area contributed by atoms with Crippen molar-refractivity contribution < 1.29 is 4.42 Å². The minimum Gasteiger partial charge on any atom is -0.411 e. The largest absolute Gasteiger partial charge is 0.411 e. The Hall–Kier alpha value is -2.31. The number of hydrogen-bond acceptors (Lipinski definition) is 5. The Labute approximate surface area is 166 Å². The molecule has 4 rings (SSSR count). The lowest BCUT2D eigenvalue weighted by Gasteiger charge is -2.07. The Balaban J connectivity index is 1.36. The molecular formula is C20H19ClN4OS. The maximum atomic E-state index is 5.91. The van der Waals surface area contributed by atoms with Crippen LogP contribution < -0.4 is 0 Å². The summed E-state index contributed by atoms with van der Waals surface area (Å²) in [6.45, 7) is 3.07. The summed E-state index contributed by atoms with van der Waals surface area (Å²) in [7, 11) is 0. The van der Waals surface area contributed by atoms with E-state index in [1.165, 1.54) is 5.52 Å². The number of aromatic nitrogens is 4. The first-order valence-corrected chi connectivity index (χ1v) is 10.3. The number of imidazole rings is 1. The molecule has 0 N–H and O–H groups in total. The molecule has 0 saturated heterocycles. The molecule has 2 heterocycles. The predicted molar refractivity (Wildman–Crippen MR) is 109 cm³/mol. The zero-order valence-electron chi connectivity index (χ0n) is 14.9. The number of halogens is 1. The van der Waals surface area contributed by atoms with Crippen molar-refractivity contribution >= 4 is 34.4 Å². The summed E-state index contributed by atoms with van der Waals surface area (Å²) in [5, 5.41) is 9.52. The van der Waals surface area contributed by atoms with Crippen molar-refractivity contribution in [1.82, 2.24) is 19.7 Å². The predicted octanol–water partition coefficient (Wildman–Crippen LogP) is 5.48. The second kappa shape index (κ2) is 8.15. The second-order valence-electron chi connectivity index (χ2n) is 6.10. The van der Waals surface area contributed by atoms with Crippen LogP contribution >= 0.6 is 23.4 Å². The first-order valence-electron chi connectivity index (χ1n) is 8.91. The molecule has 27 heavy (non-hydrogen) atoms. The van der Waals surface area contributed by atoms with Crippen LogP contribution in [-0.2, 0) is 13.0 Å². The van der Waals surface area contributed by atoms with Crippen molar-refractivity contribution in [3.05, 3.63) is 59.4 Å². The van der Waals surface area contributed by atoms with Gasteiger partial charge in [-0.05, 0) is 42.8 Å². The summed E-state index contributed by atoms with van der Waals surface area (Å²) in [5.41, 5.74) is 3.13. The molecule has 2 aromatic heterocycles. The number of aryl methyl sites for hydroxylation is 2. The van der Waals surface area contributed by atoms with Gasteiger partial charge in [-0.3, -0.25) is 0 Å². The van der Waals surface area contributed by atoms with Gasteiger partial charge < -0.3 is 8.98 Å². The average molecular weight is 399 g/mol. The molecule has 0 spiro atoms. The minimum atomic E-state index is 0.517. The van der Waals surface area contributed by atoms with Crippen molar-refractivity contribution in [2.24, 2.45) is 0 Å². The van der Waals surface area contributed by atoms with Crippen LogP contribution in [0.3, 0.4) is 0 Å². The van der Waals surface area contributed by atoms with Gasteiger partial charge in [0, 0.05) is 29.3 Å². The third-order valence-corrected chi connectivity index (χ3v) is 5.46. The molecule has 0 radical (unpaired) electrons. The van der Waals surface area contributed by atoms with Crippen molar-refractivity contribution in [3.8, 4) is 11.5 Å². The number of para-hydroxylation sites is 2. The number of benzene rings is 2. The summed E-state index contributed by atoms with van der Waals surface area (Å²) < 4.78 is 8.05. The number of hydrogen-bond donors (Lipinski definition) is 0. The van der Waals surface area contributed by atoms with Crippen molar-refractivity contribution in [2.45, 2.75) is 31.5 Å². The third-order valence-electron chi connectivity index (χ3n) is 4.30. The molecule has 2 aromatic carbocycles. The van der Waals surface area contributed by atoms with E-state index in [0.717, 1.165) is 42.0 Å². The first-order chi connectivity index (χ1) is 13.2. The van der Waals surface area contributed by atoms with Gasteiger partial charge in [0.25, 0.3) is 5.22 Å². The molecule has 0 atom stereocenters. The highest BCUT2D eigenvalue weighted by Gasteiger charge is 2.11. The van der Waals surface area contributed by atoms with Crippen LogP contribution in [0.1, 0.15) is 19.2 Å². The van der Waals surface area contributed by atoms with E-state index in [0.29, 0.717) is 16.1 Å². The molecule has 0 aliphatic rings. The molecular weight excluding hydrogens is 380 g/mol. The van der Waals surface area contributed by atoms with Gasteiger partial charge in [0.1, 0.15) is 5.82 Å². The molecule has 0 bridgehead atoms. The van der Waals surface area contributed by atoms with Gasteiger partial charge in [-0.2, -0.15) is 0 Å². The molecule has 0 aliphatic heterocycles. The highest BCUT2D eigenvalue weighted by atomic mass is 35.5. The number of fused-ring (bicyclic) bond motifs is 1. The van der Waals surface area contributed by atoms with E-state index < -0.39 is 0 Å². The van der Waals surface area contributed by atoms with Crippen LogP contribution in [0.4, 0.5) is 0 Å². The molecule has 0 aliphatic carbocycles. The second-order valence-corrected chi connectivity index (χ2v) is 7.59. The van der Waals surface area contributed by atoms with E-state index in [1.54, 1.807) is 11.8 Å². The molecule has 0 saturated carbocycles. The molecule has 0 amide bonds. The van der Waals surface area contributed by atoms with Gasteiger partial charge in [0.05, 0.1) is 11.0 Å². The van der Waals surface area contributed by atoms with Crippen molar-refractivity contribution in [2.75, 3.05) is 5.75 Å². The van der Waals surface area contributed by atoms with Gasteiger partial charge in [0.15, 0.2) is 0 Å². The smallest absolute Gasteiger partial charge is 0.276 e. The summed E-state index contributed by atoms with van der Waals surface area (Å²) in [4.78, 5) is 4.72. The van der Waals surface area contributed by atoms with Gasteiger partial charge in [0.2, 0.25) is 5.89 Å². The Morgan fingerprint density at radius 3 is 2.70 bits per heavy atom. The Morgan fingerprint density at radius 2 is 1.89 bits per heavy atom. The maximum absolute atomic E-state index is 5.91. The van der Waals surface area contributed by atoms with E-state index in [9.17, 15) is 0 Å². The molecule has 5 nitrogen and oxygen atoms in total. The van der Waals surface area contributed by atoms with Crippen molar-refractivity contribution in [3.63, 3.8) is 0 Å². The van der Waals surface area contributed by atoms with E-state index in [1.807, 2.05) is 30.3 Å². The van der Waals surface area contributed by atoms with Crippen LogP contribution in [0.2, 0.25) is 5.02 Å². The quantitative estimate of drug-likeness (QED) is 0.304. The molecule has 0 unspecified atom stereocenters. The third kappa shape index (κ3) is 4.01. The van der Waals surface area contributed by atoms with Crippen LogP contribution in [0.25, 0.3) is 22.5 Å². The summed E-state index contributed by atoms with van der Waals surface area (Å²) in [5.74, 6) is 2.55. The molecule has 0 fully saturated rings. The van der Waals surface area contributed by atoms with Gasteiger partial charge >= 0.3 is 0 Å². The molecule has 138 valence electrons. The standard InChI is InChI=1S/C20H19ClN4OS/c1-2-18-22-16-6-3-4-7-17(16)25(18)12-5-13-27-20-24-23-19(26-20)14-8-10-15(21)11-9-14/h3-4,6-11H,2,5,12-13H2,1H3. The average Bonchev–Trinajstić information content (AvgIpc) is 3.30. The minimum absolute atomic E-state index is 0.517. The van der Waals surface area contributed by atoms with Gasteiger partial charge in [-0.25, -0.2) is 4.98 Å². The van der Waals surface area contributed by atoms with Crippen LogP contribution in [0.15, 0.2) is 58.2 Å². The first kappa shape index (κ1) is 18.1. The molecule has 7 heteroatoms. The van der Waals surface area contributed by atoms with Crippen molar-refractivity contribution in [1.29, 1.82) is 0 Å². The van der Waals surface area contributed by atoms with Crippen LogP contribution in [-0.4, -0.2) is 25.5 Å². The van der Waals surface area contributed by atoms with Gasteiger partial charge in [-0.1, -0.05) is 42.4 Å². The lowest BCUT2D eigenvalue weighted by molar-refractivity contribution is 0.465. The fourth-order valence-corrected chi connectivity index (χ4v) is 3.81. The fourth-order valence-electron chi connectivity index (χ4n) is 3.00. The SMILES string of the molecule is CCc1nc2ccccc2n1CCCSc1nnc(-c2ccc(Cl)cc2)o1.